The van der Waals surface area contributed by atoms with Crippen LogP contribution >= 0.6 is 0 Å². The van der Waals surface area contributed by atoms with E-state index in [4.69, 9.17) is 4.42 Å². The lowest BCUT2D eigenvalue weighted by Gasteiger charge is -1.94. The zero-order valence-electron chi connectivity index (χ0n) is 9.22. The molecule has 0 amide bonds. The van der Waals surface area contributed by atoms with Crippen LogP contribution in [0.15, 0.2) is 22.6 Å². The Hall–Kier alpha value is -2.37. The number of hydrogen-bond donors (Lipinski definition) is 0. The third kappa shape index (κ3) is 1.73. The van der Waals surface area contributed by atoms with E-state index < -0.39 is 10.9 Å². The average Bonchev–Trinajstić information content (AvgIpc) is 2.65. The van der Waals surface area contributed by atoms with Crippen molar-refractivity contribution in [2.75, 3.05) is 7.11 Å². The Bertz CT molecular complexity index is 614. The van der Waals surface area contributed by atoms with Crippen molar-refractivity contribution < 1.29 is 18.9 Å². The lowest BCUT2D eigenvalue weighted by atomic mass is 10.1. The molecule has 2 aromatic rings. The zero-order chi connectivity index (χ0) is 12.6. The van der Waals surface area contributed by atoms with Gasteiger partial charge < -0.3 is 9.15 Å². The van der Waals surface area contributed by atoms with E-state index in [-0.39, 0.29) is 11.4 Å². The van der Waals surface area contributed by atoms with E-state index in [1.807, 2.05) is 0 Å². The van der Waals surface area contributed by atoms with Crippen LogP contribution in [0.3, 0.4) is 0 Å². The topological polar surface area (TPSA) is 82.6 Å². The van der Waals surface area contributed by atoms with Crippen LogP contribution in [-0.4, -0.2) is 18.0 Å². The largest absolute Gasteiger partial charge is 0.463 e. The minimum atomic E-state index is -0.596. The molecule has 0 N–H and O–H groups in total. The summed E-state index contributed by atoms with van der Waals surface area (Å²) >= 11 is 0. The minimum Gasteiger partial charge on any atom is -0.463 e. The number of ether oxygens (including phenoxy) is 1. The number of aryl methyl sites for hydroxylation is 1. The second kappa shape index (κ2) is 3.89. The first-order valence-electron chi connectivity index (χ1n) is 4.80. The standard InChI is InChI=1S/C11H9NO5/c1-6-8-5-7(12(14)15)3-4-9(8)17-10(6)11(13)16-2/h3-5H,1-2H3. The van der Waals surface area contributed by atoms with Gasteiger partial charge in [0.2, 0.25) is 5.76 Å². The molecular weight excluding hydrogens is 226 g/mol. The monoisotopic (exact) mass is 235 g/mol. The first-order valence-corrected chi connectivity index (χ1v) is 4.80. The van der Waals surface area contributed by atoms with E-state index in [9.17, 15) is 14.9 Å². The Kier molecular flexibility index (Phi) is 2.55. The number of furan rings is 1. The van der Waals surface area contributed by atoms with E-state index >= 15 is 0 Å². The number of hydrogen-bond acceptors (Lipinski definition) is 5. The maximum atomic E-state index is 11.4. The Morgan fingerprint density at radius 2 is 2.18 bits per heavy atom. The molecule has 2 rings (SSSR count). The fraction of sp³-hybridized carbons (Fsp3) is 0.182. The highest BCUT2D eigenvalue weighted by Crippen LogP contribution is 2.28. The summed E-state index contributed by atoms with van der Waals surface area (Å²) in [6.45, 7) is 1.65. The lowest BCUT2D eigenvalue weighted by Crippen LogP contribution is -2.00. The Morgan fingerprint density at radius 3 is 2.76 bits per heavy atom. The maximum Gasteiger partial charge on any atom is 0.374 e. The Labute approximate surface area is 95.9 Å². The summed E-state index contributed by atoms with van der Waals surface area (Å²) in [7, 11) is 1.25. The van der Waals surface area contributed by atoms with Crippen LogP contribution in [0.4, 0.5) is 5.69 Å². The number of non-ortho nitro benzene ring substituents is 1. The molecule has 0 radical (unpaired) electrons. The van der Waals surface area contributed by atoms with Gasteiger partial charge in [-0.3, -0.25) is 10.1 Å². The fourth-order valence-corrected chi connectivity index (χ4v) is 1.61. The molecule has 0 saturated heterocycles. The number of methoxy groups -OCH3 is 1. The highest BCUT2D eigenvalue weighted by atomic mass is 16.6. The van der Waals surface area contributed by atoms with Gasteiger partial charge >= 0.3 is 5.97 Å². The molecule has 0 fully saturated rings. The van der Waals surface area contributed by atoms with Crippen LogP contribution in [0.5, 0.6) is 0 Å². The minimum absolute atomic E-state index is 0.0437. The van der Waals surface area contributed by atoms with Gasteiger partial charge in [-0.25, -0.2) is 4.79 Å². The van der Waals surface area contributed by atoms with Crippen molar-refractivity contribution in [2.45, 2.75) is 6.92 Å². The van der Waals surface area contributed by atoms with Crippen molar-refractivity contribution in [2.24, 2.45) is 0 Å². The number of esters is 1. The van der Waals surface area contributed by atoms with Gasteiger partial charge in [-0.2, -0.15) is 0 Å². The summed E-state index contributed by atoms with van der Waals surface area (Å²) in [5.41, 5.74) is 0.918. The van der Waals surface area contributed by atoms with Gasteiger partial charge in [0.05, 0.1) is 12.0 Å². The van der Waals surface area contributed by atoms with Crippen LogP contribution < -0.4 is 0 Å². The summed E-state index contributed by atoms with van der Waals surface area (Å²) in [5.74, 6) is -0.524. The third-order valence-corrected chi connectivity index (χ3v) is 2.50. The molecule has 0 bridgehead atoms. The molecule has 88 valence electrons. The molecule has 0 spiro atoms. The fourth-order valence-electron chi connectivity index (χ4n) is 1.61. The number of nitro groups is 1. The molecule has 17 heavy (non-hydrogen) atoms. The molecule has 0 aliphatic rings. The van der Waals surface area contributed by atoms with Crippen LogP contribution in [0.1, 0.15) is 16.1 Å². The predicted octanol–water partition coefficient (Wildman–Crippen LogP) is 2.44. The van der Waals surface area contributed by atoms with E-state index in [1.165, 1.54) is 25.3 Å². The van der Waals surface area contributed by atoms with E-state index in [1.54, 1.807) is 6.92 Å². The number of nitrogens with zero attached hydrogens (tertiary/aromatic N) is 1. The molecule has 0 unspecified atom stereocenters. The number of carbonyl (C=O) groups excluding carboxylic acids is 1. The first-order chi connectivity index (χ1) is 8.04. The summed E-state index contributed by atoms with van der Waals surface area (Å²) in [5, 5.41) is 11.2. The van der Waals surface area contributed by atoms with Crippen molar-refractivity contribution in [1.29, 1.82) is 0 Å². The summed E-state index contributed by atoms with van der Waals surface area (Å²) in [6.07, 6.45) is 0. The molecule has 0 atom stereocenters. The molecular formula is C11H9NO5. The smallest absolute Gasteiger partial charge is 0.374 e. The summed E-state index contributed by atoms with van der Waals surface area (Å²) < 4.78 is 9.85. The lowest BCUT2D eigenvalue weighted by molar-refractivity contribution is -0.384. The van der Waals surface area contributed by atoms with Crippen LogP contribution in [0.25, 0.3) is 11.0 Å². The maximum absolute atomic E-state index is 11.4. The predicted molar refractivity (Wildman–Crippen MR) is 58.9 cm³/mol. The highest BCUT2D eigenvalue weighted by Gasteiger charge is 2.19. The highest BCUT2D eigenvalue weighted by molar-refractivity contribution is 5.96. The van der Waals surface area contributed by atoms with Crippen molar-refractivity contribution >= 4 is 22.6 Å². The molecule has 6 heteroatoms. The molecule has 1 heterocycles. The summed E-state index contributed by atoms with van der Waals surface area (Å²) in [6, 6.07) is 4.17. The van der Waals surface area contributed by atoms with Gasteiger partial charge in [-0.1, -0.05) is 0 Å². The molecule has 1 aromatic heterocycles. The van der Waals surface area contributed by atoms with Crippen LogP contribution in [0, 0.1) is 17.0 Å². The van der Waals surface area contributed by atoms with Gasteiger partial charge in [0.15, 0.2) is 0 Å². The molecule has 1 aromatic carbocycles. The van der Waals surface area contributed by atoms with Crippen molar-refractivity contribution in [1.82, 2.24) is 0 Å². The Morgan fingerprint density at radius 1 is 1.47 bits per heavy atom. The molecule has 0 saturated carbocycles. The zero-order valence-corrected chi connectivity index (χ0v) is 9.22. The molecule has 6 nitrogen and oxygen atoms in total. The molecule has 0 aliphatic carbocycles. The average molecular weight is 235 g/mol. The number of carbonyl (C=O) groups is 1. The Balaban J connectivity index is 2.66. The number of rotatable bonds is 2. The number of fused-ring (bicyclic) bond motifs is 1. The quantitative estimate of drug-likeness (QED) is 0.453. The van der Waals surface area contributed by atoms with E-state index in [2.05, 4.69) is 4.74 Å². The van der Waals surface area contributed by atoms with E-state index in [0.717, 1.165) is 0 Å². The van der Waals surface area contributed by atoms with Gasteiger partial charge in [0.1, 0.15) is 5.58 Å². The second-order valence-corrected chi connectivity index (χ2v) is 3.49. The van der Waals surface area contributed by atoms with Crippen LogP contribution in [-0.2, 0) is 4.74 Å². The number of nitro benzene ring substituents is 1. The summed E-state index contributed by atoms with van der Waals surface area (Å²) in [4.78, 5) is 21.5. The van der Waals surface area contributed by atoms with Crippen molar-refractivity contribution in [3.8, 4) is 0 Å². The molecule has 0 aliphatic heterocycles. The number of benzene rings is 1. The normalized spacial score (nSPS) is 10.5. The van der Waals surface area contributed by atoms with E-state index in [0.29, 0.717) is 16.5 Å². The van der Waals surface area contributed by atoms with Gasteiger partial charge in [0, 0.05) is 23.1 Å². The van der Waals surface area contributed by atoms with Crippen molar-refractivity contribution in [3.63, 3.8) is 0 Å². The van der Waals surface area contributed by atoms with Crippen molar-refractivity contribution in [3.05, 3.63) is 39.6 Å². The van der Waals surface area contributed by atoms with Gasteiger partial charge in [-0.15, -0.1) is 0 Å². The second-order valence-electron chi connectivity index (χ2n) is 3.49. The van der Waals surface area contributed by atoms with Crippen LogP contribution in [0.2, 0.25) is 0 Å². The SMILES string of the molecule is COC(=O)c1oc2ccc([N+](=O)[O-])cc2c1C. The van der Waals surface area contributed by atoms with Gasteiger partial charge in [0.25, 0.3) is 5.69 Å². The first kappa shape index (κ1) is 11.1. The van der Waals surface area contributed by atoms with Gasteiger partial charge in [-0.05, 0) is 13.0 Å². The third-order valence-electron chi connectivity index (χ3n) is 2.50.